The molecule has 5 nitrogen and oxygen atoms in total. The van der Waals surface area contributed by atoms with Crippen molar-refractivity contribution in [2.75, 3.05) is 5.32 Å². The number of nitrogens with one attached hydrogen (secondary N) is 1. The van der Waals surface area contributed by atoms with Crippen molar-refractivity contribution in [3.63, 3.8) is 0 Å². The molecule has 3 aromatic rings. The average Bonchev–Trinajstić information content (AvgIpc) is 3.28. The maximum absolute atomic E-state index is 12.1. The fourth-order valence-corrected chi connectivity index (χ4v) is 3.76. The molecule has 2 aromatic heterocycles. The number of aryl methyl sites for hydroxylation is 1. The molecule has 7 heteroatoms. The van der Waals surface area contributed by atoms with Gasteiger partial charge in [0.1, 0.15) is 5.01 Å². The molecule has 0 aliphatic carbocycles. The van der Waals surface area contributed by atoms with E-state index in [1.54, 1.807) is 18.3 Å². The molecular formula is C19H18N2O3S2. The largest absolute Gasteiger partial charge is 0.452 e. The summed E-state index contributed by atoms with van der Waals surface area (Å²) in [6, 6.07) is 9.41. The number of aromatic nitrogens is 1. The molecule has 0 spiro atoms. The highest BCUT2D eigenvalue weighted by Crippen LogP contribution is 2.25. The van der Waals surface area contributed by atoms with Crippen LogP contribution in [0.3, 0.4) is 0 Å². The summed E-state index contributed by atoms with van der Waals surface area (Å²) in [4.78, 5) is 28.7. The smallest absolute Gasteiger partial charge is 0.312 e. The molecule has 1 amide bonds. The Morgan fingerprint density at radius 1 is 1.19 bits per heavy atom. The molecule has 0 unspecified atom stereocenters. The first kappa shape index (κ1) is 18.3. The molecule has 0 aliphatic heterocycles. The second kappa shape index (κ2) is 8.25. The third kappa shape index (κ3) is 4.77. The maximum Gasteiger partial charge on any atom is 0.312 e. The van der Waals surface area contributed by atoms with Crippen LogP contribution in [0.1, 0.15) is 18.2 Å². The SMILES string of the molecule is Cc1ccc(NC(=O)[C@H](C)OC(=O)Cc2csc(-c3ccsc3)n2)cc1. The lowest BCUT2D eigenvalue weighted by atomic mass is 10.2. The molecule has 0 radical (unpaired) electrons. The Hall–Kier alpha value is -2.51. The summed E-state index contributed by atoms with van der Waals surface area (Å²) in [5.74, 6) is -0.835. The van der Waals surface area contributed by atoms with E-state index in [1.807, 2.05) is 53.4 Å². The fourth-order valence-electron chi connectivity index (χ4n) is 2.23. The number of carbonyl (C=O) groups is 2. The predicted octanol–water partition coefficient (Wildman–Crippen LogP) is 4.29. The Morgan fingerprint density at radius 2 is 1.96 bits per heavy atom. The van der Waals surface area contributed by atoms with Crippen molar-refractivity contribution in [1.82, 2.24) is 4.98 Å². The maximum atomic E-state index is 12.1. The van der Waals surface area contributed by atoms with Crippen molar-refractivity contribution in [3.05, 3.63) is 57.7 Å². The summed E-state index contributed by atoms with van der Waals surface area (Å²) < 4.78 is 5.23. The van der Waals surface area contributed by atoms with Gasteiger partial charge in [-0.3, -0.25) is 9.59 Å². The summed E-state index contributed by atoms with van der Waals surface area (Å²) in [7, 11) is 0. The zero-order valence-electron chi connectivity index (χ0n) is 14.4. The first-order chi connectivity index (χ1) is 12.5. The summed E-state index contributed by atoms with van der Waals surface area (Å²) in [5.41, 5.74) is 3.47. The highest BCUT2D eigenvalue weighted by Gasteiger charge is 2.19. The average molecular weight is 386 g/mol. The topological polar surface area (TPSA) is 68.3 Å². The van der Waals surface area contributed by atoms with E-state index in [2.05, 4.69) is 10.3 Å². The number of esters is 1. The number of rotatable bonds is 6. The second-order valence-electron chi connectivity index (χ2n) is 5.82. The molecule has 134 valence electrons. The number of anilines is 1. The highest BCUT2D eigenvalue weighted by atomic mass is 32.1. The van der Waals surface area contributed by atoms with E-state index in [9.17, 15) is 9.59 Å². The van der Waals surface area contributed by atoms with E-state index in [1.165, 1.54) is 11.3 Å². The molecule has 1 N–H and O–H groups in total. The van der Waals surface area contributed by atoms with Gasteiger partial charge in [0.25, 0.3) is 5.91 Å². The van der Waals surface area contributed by atoms with E-state index >= 15 is 0 Å². The Kier molecular flexibility index (Phi) is 5.80. The zero-order valence-corrected chi connectivity index (χ0v) is 16.0. The number of amides is 1. The molecule has 2 heterocycles. The number of benzene rings is 1. The van der Waals surface area contributed by atoms with E-state index in [0.29, 0.717) is 11.4 Å². The molecule has 0 saturated heterocycles. The Bertz CT molecular complexity index is 886. The molecule has 26 heavy (non-hydrogen) atoms. The number of thiophene rings is 1. The van der Waals surface area contributed by atoms with Crippen molar-refractivity contribution in [3.8, 4) is 10.6 Å². The van der Waals surface area contributed by atoms with Crippen molar-refractivity contribution >= 4 is 40.2 Å². The Balaban J connectivity index is 1.52. The van der Waals surface area contributed by atoms with E-state index in [4.69, 9.17) is 4.74 Å². The van der Waals surface area contributed by atoms with Crippen LogP contribution in [-0.4, -0.2) is 23.0 Å². The van der Waals surface area contributed by atoms with Gasteiger partial charge < -0.3 is 10.1 Å². The fraction of sp³-hybridized carbons (Fsp3) is 0.211. The van der Waals surface area contributed by atoms with E-state index in [0.717, 1.165) is 16.1 Å². The molecule has 0 saturated carbocycles. The van der Waals surface area contributed by atoms with Gasteiger partial charge in [0, 0.05) is 22.0 Å². The zero-order chi connectivity index (χ0) is 18.5. The minimum Gasteiger partial charge on any atom is -0.452 e. The van der Waals surface area contributed by atoms with Crippen LogP contribution in [0.25, 0.3) is 10.6 Å². The quantitative estimate of drug-likeness (QED) is 0.642. The monoisotopic (exact) mass is 386 g/mol. The van der Waals surface area contributed by atoms with Crippen molar-refractivity contribution < 1.29 is 14.3 Å². The predicted molar refractivity (Wildman–Crippen MR) is 104 cm³/mol. The van der Waals surface area contributed by atoms with Crippen LogP contribution >= 0.6 is 22.7 Å². The first-order valence-corrected chi connectivity index (χ1v) is 9.87. The minimum atomic E-state index is -0.876. The first-order valence-electron chi connectivity index (χ1n) is 8.05. The number of thiazole rings is 1. The number of nitrogens with zero attached hydrogens (tertiary/aromatic N) is 1. The number of hydrogen-bond acceptors (Lipinski definition) is 6. The summed E-state index contributed by atoms with van der Waals surface area (Å²) in [6.45, 7) is 3.53. The molecule has 1 atom stereocenters. The van der Waals surface area contributed by atoms with Crippen LogP contribution in [0.5, 0.6) is 0 Å². The van der Waals surface area contributed by atoms with Crippen LogP contribution in [0, 0.1) is 6.92 Å². The number of hydrogen-bond donors (Lipinski definition) is 1. The van der Waals surface area contributed by atoms with Gasteiger partial charge in [-0.05, 0) is 37.4 Å². The van der Waals surface area contributed by atoms with Gasteiger partial charge in [-0.15, -0.1) is 11.3 Å². The standard InChI is InChI=1S/C19H18N2O3S2/c1-12-3-5-15(6-4-12)20-18(23)13(2)24-17(22)9-16-11-26-19(21-16)14-7-8-25-10-14/h3-8,10-11,13H,9H2,1-2H3,(H,20,23)/t13-/m0/s1. The lowest BCUT2D eigenvalue weighted by molar-refractivity contribution is -0.152. The molecule has 0 aliphatic rings. The van der Waals surface area contributed by atoms with Crippen molar-refractivity contribution in [2.24, 2.45) is 0 Å². The van der Waals surface area contributed by atoms with Gasteiger partial charge in [-0.2, -0.15) is 11.3 Å². The third-order valence-electron chi connectivity index (χ3n) is 3.64. The molecule has 0 fully saturated rings. The second-order valence-corrected chi connectivity index (χ2v) is 7.46. The van der Waals surface area contributed by atoms with Crippen LogP contribution in [0.15, 0.2) is 46.5 Å². The summed E-state index contributed by atoms with van der Waals surface area (Å²) in [5, 5.41) is 9.44. The molecule has 0 bridgehead atoms. The summed E-state index contributed by atoms with van der Waals surface area (Å²) >= 11 is 3.09. The van der Waals surface area contributed by atoms with Gasteiger partial charge in [0.15, 0.2) is 6.10 Å². The number of ether oxygens (including phenoxy) is 1. The van der Waals surface area contributed by atoms with Gasteiger partial charge >= 0.3 is 5.97 Å². The molecule has 1 aromatic carbocycles. The molecular weight excluding hydrogens is 368 g/mol. The lowest BCUT2D eigenvalue weighted by Gasteiger charge is -2.13. The Labute approximate surface area is 159 Å². The normalized spacial score (nSPS) is 11.8. The molecule has 3 rings (SSSR count). The van der Waals surface area contributed by atoms with E-state index < -0.39 is 12.1 Å². The van der Waals surface area contributed by atoms with Crippen LogP contribution in [0.2, 0.25) is 0 Å². The van der Waals surface area contributed by atoms with Crippen LogP contribution in [0.4, 0.5) is 5.69 Å². The number of carbonyl (C=O) groups excluding carboxylic acids is 2. The highest BCUT2D eigenvalue weighted by molar-refractivity contribution is 7.14. The lowest BCUT2D eigenvalue weighted by Crippen LogP contribution is -2.30. The van der Waals surface area contributed by atoms with Gasteiger partial charge in [-0.1, -0.05) is 17.7 Å². The van der Waals surface area contributed by atoms with Gasteiger partial charge in [-0.25, -0.2) is 4.98 Å². The van der Waals surface area contributed by atoms with Gasteiger partial charge in [0.2, 0.25) is 0 Å². The van der Waals surface area contributed by atoms with Crippen LogP contribution < -0.4 is 5.32 Å². The third-order valence-corrected chi connectivity index (χ3v) is 5.27. The van der Waals surface area contributed by atoms with E-state index in [-0.39, 0.29) is 12.3 Å². The van der Waals surface area contributed by atoms with Crippen LogP contribution in [-0.2, 0) is 20.7 Å². The Morgan fingerprint density at radius 3 is 2.65 bits per heavy atom. The van der Waals surface area contributed by atoms with Gasteiger partial charge in [0.05, 0.1) is 12.1 Å². The minimum absolute atomic E-state index is 0.0444. The summed E-state index contributed by atoms with van der Waals surface area (Å²) in [6.07, 6.45) is -0.832. The van der Waals surface area contributed by atoms with Crippen molar-refractivity contribution in [1.29, 1.82) is 0 Å². The van der Waals surface area contributed by atoms with Crippen molar-refractivity contribution in [2.45, 2.75) is 26.4 Å².